The fraction of sp³-hybridized carbons (Fsp3) is 0.343. The number of benzene rings is 2. The van der Waals surface area contributed by atoms with Gasteiger partial charge in [-0.3, -0.25) is 0 Å². The van der Waals surface area contributed by atoms with Crippen LogP contribution in [0, 0.1) is 0 Å². The molecule has 0 bridgehead atoms. The maximum atomic E-state index is 9.59. The molecule has 0 spiro atoms. The molecule has 46 heavy (non-hydrogen) atoms. The summed E-state index contributed by atoms with van der Waals surface area (Å²) in [5.74, 6) is 1.91. The number of ether oxygens (including phenoxy) is 2. The van der Waals surface area contributed by atoms with E-state index in [1.54, 1.807) is 14.2 Å². The monoisotopic (exact) mass is 640 g/mol. The average molecular weight is 641 g/mol. The third-order valence-corrected chi connectivity index (χ3v) is 9.47. The Kier molecular flexibility index (Phi) is 8.63. The van der Waals surface area contributed by atoms with Crippen LogP contribution in [0.15, 0.2) is 67.0 Å². The number of hydrogen-bond acceptors (Lipinski definition) is 9. The van der Waals surface area contributed by atoms with E-state index in [0.29, 0.717) is 47.6 Å². The first-order valence-corrected chi connectivity index (χ1v) is 16.0. The van der Waals surface area contributed by atoms with Gasteiger partial charge in [0, 0.05) is 65.1 Å². The quantitative estimate of drug-likeness (QED) is 0.157. The van der Waals surface area contributed by atoms with E-state index in [0.717, 1.165) is 70.2 Å². The molecule has 7 rings (SSSR count). The Labute approximate surface area is 272 Å². The van der Waals surface area contributed by atoms with Crippen molar-refractivity contribution in [2.45, 2.75) is 63.1 Å². The number of aromatic nitrogens is 4. The molecule has 10 nitrogen and oxygen atoms in total. The Morgan fingerprint density at radius 2 is 1.50 bits per heavy atom. The van der Waals surface area contributed by atoms with Gasteiger partial charge in [-0.25, -0.2) is 14.6 Å². The lowest BCUT2D eigenvalue weighted by Gasteiger charge is -2.32. The van der Waals surface area contributed by atoms with Crippen molar-refractivity contribution in [2.24, 2.45) is 0 Å². The van der Waals surface area contributed by atoms with E-state index >= 15 is 0 Å². The molecule has 3 aromatic heterocycles. The minimum absolute atomic E-state index is 0.205. The van der Waals surface area contributed by atoms with Gasteiger partial charge in [-0.1, -0.05) is 48.0 Å². The minimum Gasteiger partial charge on any atom is -0.496 e. The maximum absolute atomic E-state index is 9.59. The molecule has 0 unspecified atom stereocenters. The van der Waals surface area contributed by atoms with Crippen LogP contribution in [0.5, 0.6) is 11.6 Å². The van der Waals surface area contributed by atoms with E-state index in [9.17, 15) is 10.2 Å². The SMILES string of the molecule is COc1cc(-n2ncc3c(-c4cccc(-c5ccc(CNC6CC(O)C6)c(OC)n5)c4Cl)cccc32)ncc1CNC1CC(O)C1. The molecule has 238 valence electrons. The minimum atomic E-state index is -0.206. The Bertz CT molecular complexity index is 1870. The van der Waals surface area contributed by atoms with E-state index < -0.39 is 0 Å². The first kappa shape index (κ1) is 30.6. The number of aliphatic hydroxyl groups excluding tert-OH is 2. The summed E-state index contributed by atoms with van der Waals surface area (Å²) >= 11 is 7.12. The fourth-order valence-corrected chi connectivity index (χ4v) is 6.57. The number of nitrogens with one attached hydrogen (secondary N) is 2. The lowest BCUT2D eigenvalue weighted by atomic mass is 9.89. The fourth-order valence-electron chi connectivity index (χ4n) is 6.25. The first-order valence-electron chi connectivity index (χ1n) is 15.6. The van der Waals surface area contributed by atoms with Crippen molar-refractivity contribution in [3.8, 4) is 39.8 Å². The third kappa shape index (κ3) is 5.94. The van der Waals surface area contributed by atoms with E-state index in [-0.39, 0.29) is 12.2 Å². The topological polar surface area (TPSA) is 127 Å². The lowest BCUT2D eigenvalue weighted by molar-refractivity contribution is 0.0615. The number of halogens is 1. The summed E-state index contributed by atoms with van der Waals surface area (Å²) in [6.07, 6.45) is 6.31. The predicted molar refractivity (Wildman–Crippen MR) is 177 cm³/mol. The maximum Gasteiger partial charge on any atom is 0.218 e. The Morgan fingerprint density at radius 1 is 0.826 bits per heavy atom. The van der Waals surface area contributed by atoms with Gasteiger partial charge < -0.3 is 30.3 Å². The van der Waals surface area contributed by atoms with Crippen molar-refractivity contribution in [1.29, 1.82) is 0 Å². The lowest BCUT2D eigenvalue weighted by Crippen LogP contribution is -2.43. The summed E-state index contributed by atoms with van der Waals surface area (Å²) in [5.41, 5.74) is 6.11. The van der Waals surface area contributed by atoms with Crippen LogP contribution in [0.25, 0.3) is 39.1 Å². The summed E-state index contributed by atoms with van der Waals surface area (Å²) in [5, 5.41) is 32.3. The van der Waals surface area contributed by atoms with Crippen LogP contribution in [0.1, 0.15) is 36.8 Å². The van der Waals surface area contributed by atoms with Gasteiger partial charge in [0.05, 0.1) is 48.9 Å². The molecule has 2 aromatic carbocycles. The Hall–Kier alpha value is -4.06. The van der Waals surface area contributed by atoms with Crippen LogP contribution in [-0.2, 0) is 13.1 Å². The van der Waals surface area contributed by atoms with Gasteiger partial charge >= 0.3 is 0 Å². The van der Waals surface area contributed by atoms with Crippen LogP contribution in [0.4, 0.5) is 0 Å². The predicted octanol–water partition coefficient (Wildman–Crippen LogP) is 5.05. The summed E-state index contributed by atoms with van der Waals surface area (Å²) in [4.78, 5) is 9.53. The molecule has 0 aliphatic heterocycles. The number of hydrogen-bond donors (Lipinski definition) is 4. The highest BCUT2D eigenvalue weighted by molar-refractivity contribution is 6.36. The van der Waals surface area contributed by atoms with Gasteiger partial charge in [-0.05, 0) is 43.4 Å². The van der Waals surface area contributed by atoms with E-state index in [2.05, 4.69) is 10.6 Å². The van der Waals surface area contributed by atoms with Crippen molar-refractivity contribution in [1.82, 2.24) is 30.4 Å². The van der Waals surface area contributed by atoms with Crippen molar-refractivity contribution in [3.05, 3.63) is 83.1 Å². The second kappa shape index (κ2) is 13.0. The van der Waals surface area contributed by atoms with Crippen LogP contribution in [0.2, 0.25) is 5.02 Å². The zero-order chi connectivity index (χ0) is 31.8. The molecule has 0 amide bonds. The molecule has 11 heteroatoms. The molecular weight excluding hydrogens is 604 g/mol. The first-order chi connectivity index (χ1) is 22.4. The van der Waals surface area contributed by atoms with Gasteiger partial charge in [-0.2, -0.15) is 5.10 Å². The van der Waals surface area contributed by atoms with Crippen molar-refractivity contribution in [2.75, 3.05) is 14.2 Å². The number of methoxy groups -OCH3 is 2. The third-order valence-electron chi connectivity index (χ3n) is 9.07. The Balaban J connectivity index is 1.16. The number of pyridine rings is 2. The summed E-state index contributed by atoms with van der Waals surface area (Å²) in [6, 6.07) is 18.5. The number of rotatable bonds is 11. The van der Waals surface area contributed by atoms with Crippen LogP contribution in [0.3, 0.4) is 0 Å². The van der Waals surface area contributed by atoms with Crippen LogP contribution < -0.4 is 20.1 Å². The van der Waals surface area contributed by atoms with Gasteiger partial charge in [0.1, 0.15) is 5.75 Å². The normalized spacial score (nSPS) is 20.7. The molecule has 0 radical (unpaired) electrons. The Morgan fingerprint density at radius 3 is 2.20 bits per heavy atom. The van der Waals surface area contributed by atoms with Gasteiger partial charge in [0.15, 0.2) is 5.82 Å². The summed E-state index contributed by atoms with van der Waals surface area (Å²) in [7, 11) is 3.27. The molecule has 5 aromatic rings. The number of fused-ring (bicyclic) bond motifs is 1. The van der Waals surface area contributed by atoms with Crippen molar-refractivity contribution in [3.63, 3.8) is 0 Å². The van der Waals surface area contributed by atoms with Crippen molar-refractivity contribution < 1.29 is 19.7 Å². The van der Waals surface area contributed by atoms with Gasteiger partial charge in [-0.15, -0.1) is 0 Å². The molecule has 2 aliphatic rings. The van der Waals surface area contributed by atoms with E-state index in [1.807, 2.05) is 71.7 Å². The zero-order valence-corrected chi connectivity index (χ0v) is 26.5. The highest BCUT2D eigenvalue weighted by atomic mass is 35.5. The molecule has 2 saturated carbocycles. The summed E-state index contributed by atoms with van der Waals surface area (Å²) < 4.78 is 13.2. The highest BCUT2D eigenvalue weighted by Gasteiger charge is 2.28. The highest BCUT2D eigenvalue weighted by Crippen LogP contribution is 2.40. The zero-order valence-electron chi connectivity index (χ0n) is 25.8. The largest absolute Gasteiger partial charge is 0.496 e. The smallest absolute Gasteiger partial charge is 0.218 e. The number of aliphatic hydroxyl groups is 2. The number of nitrogens with zero attached hydrogens (tertiary/aromatic N) is 4. The van der Waals surface area contributed by atoms with Gasteiger partial charge in [0.2, 0.25) is 5.88 Å². The van der Waals surface area contributed by atoms with Gasteiger partial charge in [0.25, 0.3) is 0 Å². The van der Waals surface area contributed by atoms with Crippen molar-refractivity contribution >= 4 is 22.5 Å². The second-order valence-electron chi connectivity index (χ2n) is 12.1. The van der Waals surface area contributed by atoms with Crippen LogP contribution >= 0.6 is 11.6 Å². The summed E-state index contributed by atoms with van der Waals surface area (Å²) in [6.45, 7) is 1.22. The second-order valence-corrected chi connectivity index (χ2v) is 12.5. The average Bonchev–Trinajstić information content (AvgIpc) is 3.49. The molecule has 2 fully saturated rings. The van der Waals surface area contributed by atoms with E-state index in [4.69, 9.17) is 36.1 Å². The molecule has 0 saturated heterocycles. The standard InChI is InChI=1S/C35H37ClN6O4/c1-45-32-15-33(39-18-21(32)17-38-23-13-25(44)14-23)42-31-8-4-5-26(29(31)19-40-42)27-6-3-7-28(34(27)36)30-10-9-20(35(41-30)46-2)16-37-22-11-24(43)12-22/h3-10,15,18-19,22-25,37-38,43-44H,11-14,16-17H2,1-2H3. The molecule has 3 heterocycles. The van der Waals surface area contributed by atoms with Crippen LogP contribution in [-0.4, -0.2) is 68.5 Å². The van der Waals surface area contributed by atoms with E-state index in [1.165, 1.54) is 0 Å². The molecule has 0 atom stereocenters. The molecule has 4 N–H and O–H groups in total. The molecular formula is C35H37ClN6O4. The molecule has 2 aliphatic carbocycles.